The molecule has 0 saturated carbocycles. The lowest BCUT2D eigenvalue weighted by atomic mass is 9.74. The third-order valence-electron chi connectivity index (χ3n) is 7.93. The van der Waals surface area contributed by atoms with Gasteiger partial charge < -0.3 is 20.1 Å². The number of carbonyl (C=O) groups is 2. The van der Waals surface area contributed by atoms with Gasteiger partial charge in [0.15, 0.2) is 5.78 Å². The van der Waals surface area contributed by atoms with Crippen molar-refractivity contribution < 1.29 is 29.6 Å². The van der Waals surface area contributed by atoms with Gasteiger partial charge in [-0.25, -0.2) is 0 Å². The summed E-state index contributed by atoms with van der Waals surface area (Å²) < 4.78 is 5.63. The van der Waals surface area contributed by atoms with Crippen molar-refractivity contribution in [2.24, 2.45) is 5.41 Å². The number of esters is 1. The van der Waals surface area contributed by atoms with Crippen molar-refractivity contribution in [3.8, 4) is 23.0 Å². The summed E-state index contributed by atoms with van der Waals surface area (Å²) in [6.45, 7) is 22.0. The lowest BCUT2D eigenvalue weighted by Gasteiger charge is -2.31. The van der Waals surface area contributed by atoms with Crippen molar-refractivity contribution in [1.29, 1.82) is 0 Å². The smallest absolute Gasteiger partial charge is 0.311 e. The predicted molar refractivity (Wildman–Crippen MR) is 172 cm³/mol. The topological polar surface area (TPSA) is 104 Å². The van der Waals surface area contributed by atoms with Gasteiger partial charge in [0.1, 0.15) is 23.0 Å². The number of ether oxygens (including phenoxy) is 1. The van der Waals surface area contributed by atoms with Crippen molar-refractivity contribution in [3.63, 3.8) is 0 Å². The molecule has 6 nitrogen and oxygen atoms in total. The van der Waals surface area contributed by atoms with Crippen molar-refractivity contribution in [2.45, 2.75) is 105 Å². The first-order chi connectivity index (χ1) is 19.6. The van der Waals surface area contributed by atoms with Crippen molar-refractivity contribution in [1.82, 2.24) is 0 Å². The zero-order chi connectivity index (χ0) is 32.7. The average Bonchev–Trinajstić information content (AvgIpc) is 2.85. The van der Waals surface area contributed by atoms with Gasteiger partial charge in [0.2, 0.25) is 0 Å². The fourth-order valence-electron chi connectivity index (χ4n) is 5.35. The molecule has 0 aromatic heterocycles. The Morgan fingerprint density at radius 1 is 0.744 bits per heavy atom. The number of carbonyl (C=O) groups excluding carboxylic acids is 2. The van der Waals surface area contributed by atoms with Crippen LogP contribution in [0.2, 0.25) is 0 Å². The minimum atomic E-state index is -0.472. The van der Waals surface area contributed by atoms with Crippen LogP contribution in [0.5, 0.6) is 23.0 Å². The van der Waals surface area contributed by atoms with E-state index in [-0.39, 0.29) is 52.2 Å². The van der Waals surface area contributed by atoms with Crippen LogP contribution in [0.1, 0.15) is 133 Å². The summed E-state index contributed by atoms with van der Waals surface area (Å²) >= 11 is 0. The molecule has 3 N–H and O–H groups in total. The zero-order valence-electron chi connectivity index (χ0n) is 27.5. The lowest BCUT2D eigenvalue weighted by molar-refractivity contribution is -0.135. The minimum absolute atomic E-state index is 0.0723. The zero-order valence-corrected chi connectivity index (χ0v) is 27.5. The number of phenolic OH excluding ortho intramolecular Hbond substituents is 3. The first-order valence-corrected chi connectivity index (χ1v) is 14.9. The lowest BCUT2D eigenvalue weighted by Crippen LogP contribution is -2.24. The van der Waals surface area contributed by atoms with Crippen LogP contribution in [0.15, 0.2) is 48.5 Å². The predicted octanol–water partition coefficient (Wildman–Crippen LogP) is 8.88. The van der Waals surface area contributed by atoms with E-state index in [4.69, 9.17) is 4.74 Å². The molecule has 232 valence electrons. The van der Waals surface area contributed by atoms with Gasteiger partial charge in [-0.15, -0.1) is 0 Å². The third kappa shape index (κ3) is 7.78. The summed E-state index contributed by atoms with van der Waals surface area (Å²) in [5.41, 5.74) is 2.38. The largest absolute Gasteiger partial charge is 0.508 e. The highest BCUT2D eigenvalue weighted by molar-refractivity contribution is 6.11. The van der Waals surface area contributed by atoms with E-state index in [1.54, 1.807) is 18.2 Å². The molecule has 0 aliphatic carbocycles. The van der Waals surface area contributed by atoms with Crippen LogP contribution in [0.4, 0.5) is 0 Å². The number of benzene rings is 3. The van der Waals surface area contributed by atoms with Gasteiger partial charge in [-0.1, -0.05) is 88.3 Å². The SMILES string of the molecule is CC(C)c1cc(C(CC(=O)Oc2ccc(C(=O)c3cc(C(C)(C)C)c(O)c(C(C)(C)C)c3)c(O)c2)C(C)(C)C)ccc1O. The fraction of sp³-hybridized carbons (Fsp3) is 0.459. The molecule has 0 aliphatic heterocycles. The van der Waals surface area contributed by atoms with Crippen LogP contribution in [0, 0.1) is 5.41 Å². The Balaban J connectivity index is 1.89. The standard InChI is InChI=1S/C37H48O6/c1-21(2)26-16-22(12-15-30(26)38)27(35(3,4)5)20-32(40)43-24-13-14-25(31(39)19-24)33(41)23-17-28(36(6,7)8)34(42)29(18-23)37(9,10)11/h12-19,21,27,38-39,42H,20H2,1-11H3. The van der Waals surface area contributed by atoms with Crippen LogP contribution in [-0.2, 0) is 15.6 Å². The number of rotatable bonds is 7. The van der Waals surface area contributed by atoms with Crippen molar-refractivity contribution >= 4 is 11.8 Å². The van der Waals surface area contributed by atoms with Gasteiger partial charge in [0, 0.05) is 22.8 Å². The molecule has 3 aromatic carbocycles. The van der Waals surface area contributed by atoms with Crippen molar-refractivity contribution in [2.75, 3.05) is 0 Å². The number of hydrogen-bond donors (Lipinski definition) is 3. The van der Waals surface area contributed by atoms with Crippen molar-refractivity contribution in [3.05, 3.63) is 81.9 Å². The van der Waals surface area contributed by atoms with Crippen LogP contribution in [-0.4, -0.2) is 27.1 Å². The highest BCUT2D eigenvalue weighted by Crippen LogP contribution is 2.42. The molecule has 3 aromatic rings. The molecular weight excluding hydrogens is 540 g/mol. The first-order valence-electron chi connectivity index (χ1n) is 14.9. The monoisotopic (exact) mass is 588 g/mol. The second-order valence-electron chi connectivity index (χ2n) is 15.0. The van der Waals surface area contributed by atoms with E-state index in [0.717, 1.165) is 11.1 Å². The number of hydrogen-bond acceptors (Lipinski definition) is 6. The molecule has 0 amide bonds. The maximum Gasteiger partial charge on any atom is 0.311 e. The molecule has 3 rings (SSSR count). The van der Waals surface area contributed by atoms with Crippen LogP contribution < -0.4 is 4.74 Å². The maximum absolute atomic E-state index is 13.6. The summed E-state index contributed by atoms with van der Waals surface area (Å²) in [4.78, 5) is 26.7. The molecule has 0 fully saturated rings. The summed E-state index contributed by atoms with van der Waals surface area (Å²) in [6.07, 6.45) is 0.0892. The number of ketones is 1. The average molecular weight is 589 g/mol. The quantitative estimate of drug-likeness (QED) is 0.145. The Labute approximate surface area is 256 Å². The maximum atomic E-state index is 13.6. The summed E-state index contributed by atoms with van der Waals surface area (Å²) in [5.74, 6) is -0.690. The molecule has 0 bridgehead atoms. The Bertz CT molecular complexity index is 1470. The number of aromatic hydroxyl groups is 3. The van der Waals surface area contributed by atoms with Gasteiger partial charge in [0.25, 0.3) is 0 Å². The number of phenols is 3. The Morgan fingerprint density at radius 2 is 1.30 bits per heavy atom. The van der Waals surface area contributed by atoms with E-state index in [0.29, 0.717) is 16.7 Å². The van der Waals surface area contributed by atoms with E-state index >= 15 is 0 Å². The second kappa shape index (κ2) is 12.1. The van der Waals surface area contributed by atoms with Crippen LogP contribution >= 0.6 is 0 Å². The summed E-state index contributed by atoms with van der Waals surface area (Å²) in [7, 11) is 0. The van der Waals surface area contributed by atoms with E-state index in [1.165, 1.54) is 18.2 Å². The molecule has 0 aliphatic rings. The van der Waals surface area contributed by atoms with Crippen LogP contribution in [0.3, 0.4) is 0 Å². The molecule has 0 saturated heterocycles. The molecule has 0 heterocycles. The first kappa shape index (κ1) is 33.7. The highest BCUT2D eigenvalue weighted by atomic mass is 16.5. The third-order valence-corrected chi connectivity index (χ3v) is 7.93. The Hall–Kier alpha value is -3.80. The van der Waals surface area contributed by atoms with E-state index in [1.807, 2.05) is 67.5 Å². The van der Waals surface area contributed by atoms with E-state index in [9.17, 15) is 24.9 Å². The molecular formula is C37H48O6. The van der Waals surface area contributed by atoms with Gasteiger partial charge in [0.05, 0.1) is 12.0 Å². The van der Waals surface area contributed by atoms with Crippen LogP contribution in [0.25, 0.3) is 0 Å². The highest BCUT2D eigenvalue weighted by Gasteiger charge is 2.31. The van der Waals surface area contributed by atoms with E-state index < -0.39 is 22.6 Å². The minimum Gasteiger partial charge on any atom is -0.508 e. The summed E-state index contributed by atoms with van der Waals surface area (Å²) in [6, 6.07) is 13.1. The van der Waals surface area contributed by atoms with Gasteiger partial charge >= 0.3 is 5.97 Å². The van der Waals surface area contributed by atoms with Gasteiger partial charge in [-0.05, 0) is 69.5 Å². The molecule has 1 atom stereocenters. The molecule has 0 radical (unpaired) electrons. The molecule has 1 unspecified atom stereocenters. The second-order valence-corrected chi connectivity index (χ2v) is 15.0. The molecule has 43 heavy (non-hydrogen) atoms. The Morgan fingerprint density at radius 3 is 1.77 bits per heavy atom. The molecule has 6 heteroatoms. The summed E-state index contributed by atoms with van der Waals surface area (Å²) in [5, 5.41) is 32.2. The van der Waals surface area contributed by atoms with E-state index in [2.05, 4.69) is 20.8 Å². The van der Waals surface area contributed by atoms with Gasteiger partial charge in [-0.3, -0.25) is 9.59 Å². The normalized spacial score (nSPS) is 13.2. The fourth-order valence-corrected chi connectivity index (χ4v) is 5.35. The van der Waals surface area contributed by atoms with Gasteiger partial charge in [-0.2, -0.15) is 0 Å². The molecule has 0 spiro atoms. The Kier molecular flexibility index (Phi) is 9.45.